The van der Waals surface area contributed by atoms with E-state index in [1.54, 1.807) is 49.2 Å². The van der Waals surface area contributed by atoms with Gasteiger partial charge in [-0.1, -0.05) is 29.8 Å². The number of carbonyl (C=O) groups excluding carboxylic acids is 1. The number of aromatic nitrogens is 2. The van der Waals surface area contributed by atoms with Gasteiger partial charge in [-0.25, -0.2) is 14.3 Å². The number of esters is 1. The predicted octanol–water partition coefficient (Wildman–Crippen LogP) is 2.09. The van der Waals surface area contributed by atoms with E-state index in [9.17, 15) is 23.9 Å². The monoisotopic (exact) mass is 583 g/mol. The van der Waals surface area contributed by atoms with Crippen molar-refractivity contribution in [3.8, 4) is 5.75 Å². The molecule has 0 radical (unpaired) electrons. The van der Waals surface area contributed by atoms with Crippen molar-refractivity contribution in [1.82, 2.24) is 14.6 Å². The van der Waals surface area contributed by atoms with Crippen LogP contribution in [0.15, 0.2) is 46.1 Å². The summed E-state index contributed by atoms with van der Waals surface area (Å²) in [6, 6.07) is 7.28. The van der Waals surface area contributed by atoms with Gasteiger partial charge in [-0.3, -0.25) is 19.1 Å². The highest BCUT2D eigenvalue weighted by Crippen LogP contribution is 2.48. The number of nitrogens with one attached hydrogen (secondary N) is 2. The number of ether oxygens (including phenoxy) is 2. The molecule has 2 heterocycles. The molecular weight excluding hydrogens is 559 g/mol. The minimum absolute atomic E-state index is 0.293. The summed E-state index contributed by atoms with van der Waals surface area (Å²) in [5.74, 6) is -1.74. The maximum absolute atomic E-state index is 15.3. The van der Waals surface area contributed by atoms with Crippen LogP contribution < -0.4 is 20.9 Å². The van der Waals surface area contributed by atoms with Gasteiger partial charge < -0.3 is 23.6 Å². The third-order valence-electron chi connectivity index (χ3n) is 4.99. The molecule has 1 aliphatic rings. The Labute approximate surface area is 219 Å². The first-order valence-electron chi connectivity index (χ1n) is 10.9. The minimum atomic E-state index is -3.58. The molecule has 0 saturated carbocycles. The van der Waals surface area contributed by atoms with E-state index in [1.165, 1.54) is 6.92 Å². The Hall–Kier alpha value is -2.19. The van der Waals surface area contributed by atoms with Gasteiger partial charge in [0.2, 0.25) is 5.82 Å². The molecule has 0 bridgehead atoms. The number of carbonyl (C=O) groups is 1. The Kier molecular flexibility index (Phi) is 9.27. The van der Waals surface area contributed by atoms with Crippen molar-refractivity contribution in [2.45, 2.75) is 56.5 Å². The standard InChI is InChI=1S/C21H25ClF2N3O8PS/c1-11(2)33-18(30)12(3)26-36(37,35-13-7-5-4-6-8-13)32-10-15-16(28)21(22,24)19(34-15)27-9-14(23)17(29)25-20(27)31/h4-9,11-12,15-16,19,28H,10H2,1-3H3,(H,26,37)(H,25,29,31)/t12-,15+,16+,19+,21+,36-/m0/s1. The number of hydrogen-bond donors (Lipinski definition) is 3. The van der Waals surface area contributed by atoms with E-state index in [1.807, 2.05) is 0 Å². The zero-order valence-corrected chi connectivity index (χ0v) is 22.3. The number of para-hydroxylation sites is 1. The number of rotatable bonds is 10. The molecule has 0 amide bonds. The van der Waals surface area contributed by atoms with Gasteiger partial charge in [-0.2, -0.15) is 4.39 Å². The van der Waals surface area contributed by atoms with E-state index in [0.29, 0.717) is 16.5 Å². The van der Waals surface area contributed by atoms with Crippen LogP contribution in [0.5, 0.6) is 5.75 Å². The van der Waals surface area contributed by atoms with Crippen molar-refractivity contribution >= 4 is 36.0 Å². The number of aliphatic hydroxyl groups is 1. The van der Waals surface area contributed by atoms with Gasteiger partial charge in [0.1, 0.15) is 24.0 Å². The maximum Gasteiger partial charge on any atom is 0.330 e. The van der Waals surface area contributed by atoms with Crippen LogP contribution in [0.2, 0.25) is 0 Å². The van der Waals surface area contributed by atoms with Crippen LogP contribution >= 0.6 is 18.2 Å². The lowest BCUT2D eigenvalue weighted by Crippen LogP contribution is -2.42. The van der Waals surface area contributed by atoms with Crippen LogP contribution in [0.1, 0.15) is 27.0 Å². The summed E-state index contributed by atoms with van der Waals surface area (Å²) in [6.45, 7) is 0.619. The van der Waals surface area contributed by atoms with E-state index >= 15 is 4.39 Å². The van der Waals surface area contributed by atoms with Gasteiger partial charge >= 0.3 is 18.3 Å². The van der Waals surface area contributed by atoms with Crippen LogP contribution in [-0.4, -0.2) is 56.7 Å². The molecule has 16 heteroatoms. The predicted molar refractivity (Wildman–Crippen MR) is 132 cm³/mol. The number of nitrogens with zero attached hydrogens (tertiary/aromatic N) is 1. The normalized spacial score (nSPS) is 26.0. The average Bonchev–Trinajstić information content (AvgIpc) is 3.03. The Morgan fingerprint density at radius 2 is 2.00 bits per heavy atom. The number of aliphatic hydroxyl groups excluding tert-OH is 1. The summed E-state index contributed by atoms with van der Waals surface area (Å²) in [7, 11) is 0. The molecule has 2 aromatic rings. The second-order valence-electron chi connectivity index (χ2n) is 8.32. The highest BCUT2D eigenvalue weighted by molar-refractivity contribution is 8.09. The summed E-state index contributed by atoms with van der Waals surface area (Å²) < 4.78 is 51.5. The summed E-state index contributed by atoms with van der Waals surface area (Å²) in [5.41, 5.74) is -2.54. The number of halogens is 3. The zero-order chi connectivity index (χ0) is 27.5. The Bertz CT molecular complexity index is 1280. The minimum Gasteiger partial charge on any atom is -0.462 e. The van der Waals surface area contributed by atoms with Crippen LogP contribution in [0.25, 0.3) is 0 Å². The lowest BCUT2D eigenvalue weighted by Gasteiger charge is -2.28. The number of alkyl halides is 2. The van der Waals surface area contributed by atoms with E-state index in [-0.39, 0.29) is 0 Å². The van der Waals surface area contributed by atoms with Gasteiger partial charge in [0.25, 0.3) is 10.7 Å². The highest BCUT2D eigenvalue weighted by Gasteiger charge is 2.58. The van der Waals surface area contributed by atoms with Crippen molar-refractivity contribution in [2.75, 3.05) is 6.61 Å². The number of aromatic amines is 1. The largest absolute Gasteiger partial charge is 0.462 e. The molecule has 0 aliphatic carbocycles. The molecule has 37 heavy (non-hydrogen) atoms. The smallest absolute Gasteiger partial charge is 0.330 e. The summed E-state index contributed by atoms with van der Waals surface area (Å²) >= 11 is 11.4. The molecule has 1 aromatic carbocycles. The molecule has 1 aliphatic heterocycles. The van der Waals surface area contributed by atoms with E-state index in [0.717, 1.165) is 0 Å². The molecule has 0 spiro atoms. The molecule has 11 nitrogen and oxygen atoms in total. The van der Waals surface area contributed by atoms with Gasteiger partial charge in [-0.05, 0) is 44.7 Å². The molecule has 1 saturated heterocycles. The Balaban J connectivity index is 1.82. The van der Waals surface area contributed by atoms with Gasteiger partial charge in [0.15, 0.2) is 6.23 Å². The third-order valence-corrected chi connectivity index (χ3v) is 7.90. The van der Waals surface area contributed by atoms with Crippen LogP contribution in [0, 0.1) is 5.82 Å². The first-order valence-corrected chi connectivity index (χ1v) is 13.9. The van der Waals surface area contributed by atoms with E-state index in [4.69, 9.17) is 41.9 Å². The third kappa shape index (κ3) is 7.02. The second-order valence-corrected chi connectivity index (χ2v) is 12.0. The SMILES string of the molecule is CC(C)OC(=O)[C@H](C)N[P@](=S)(OC[C@H]1O[C@@H](n2cc(F)c(=O)[nH]c2=O)[C@@](F)(Cl)[C@@H]1O)Oc1ccccc1. The van der Waals surface area contributed by atoms with Crippen molar-refractivity contribution in [2.24, 2.45) is 0 Å². The van der Waals surface area contributed by atoms with Crippen molar-refractivity contribution < 1.29 is 37.2 Å². The molecule has 3 N–H and O–H groups in total. The highest BCUT2D eigenvalue weighted by atomic mass is 35.5. The summed E-state index contributed by atoms with van der Waals surface area (Å²) in [4.78, 5) is 37.4. The fourth-order valence-corrected chi connectivity index (χ4v) is 5.96. The molecule has 1 aromatic heterocycles. The maximum atomic E-state index is 15.3. The molecule has 204 valence electrons. The van der Waals surface area contributed by atoms with E-state index in [2.05, 4.69) is 5.09 Å². The number of hydrogen-bond acceptors (Lipinski definition) is 9. The summed E-state index contributed by atoms with van der Waals surface area (Å²) in [5, 5.41) is 10.1. The van der Waals surface area contributed by atoms with Crippen LogP contribution in [0.4, 0.5) is 8.78 Å². The average molecular weight is 584 g/mol. The van der Waals surface area contributed by atoms with E-state index < -0.39 is 72.0 Å². The lowest BCUT2D eigenvalue weighted by molar-refractivity contribution is -0.149. The first kappa shape index (κ1) is 29.4. The van der Waals surface area contributed by atoms with Gasteiger partial charge in [0, 0.05) is 0 Å². The molecular formula is C21H25ClF2N3O8PS. The second kappa shape index (κ2) is 11.7. The lowest BCUT2D eigenvalue weighted by atomic mass is 10.1. The first-order chi connectivity index (χ1) is 17.2. The van der Waals surface area contributed by atoms with Crippen molar-refractivity contribution in [3.63, 3.8) is 0 Å². The van der Waals surface area contributed by atoms with Crippen molar-refractivity contribution in [1.29, 1.82) is 0 Å². The van der Waals surface area contributed by atoms with Gasteiger partial charge in [-0.15, -0.1) is 0 Å². The van der Waals surface area contributed by atoms with Crippen LogP contribution in [-0.2, 0) is 30.6 Å². The Morgan fingerprint density at radius 3 is 2.62 bits per heavy atom. The molecule has 3 rings (SSSR count). The molecule has 6 atom stereocenters. The quantitative estimate of drug-likeness (QED) is 0.216. The number of H-pyrrole nitrogens is 1. The Morgan fingerprint density at radius 1 is 1.35 bits per heavy atom. The number of benzene rings is 1. The molecule has 0 unspecified atom stereocenters. The van der Waals surface area contributed by atoms with Crippen molar-refractivity contribution in [3.05, 3.63) is 63.2 Å². The fraction of sp³-hybridized carbons (Fsp3) is 0.476. The van der Waals surface area contributed by atoms with Crippen LogP contribution in [0.3, 0.4) is 0 Å². The van der Waals surface area contributed by atoms with Gasteiger partial charge in [0.05, 0.1) is 18.9 Å². The summed E-state index contributed by atoms with van der Waals surface area (Å²) in [6.07, 6.45) is -5.62. The fourth-order valence-electron chi connectivity index (χ4n) is 3.25. The topological polar surface area (TPSA) is 141 Å². The zero-order valence-electron chi connectivity index (χ0n) is 19.8. The molecule has 1 fully saturated rings.